The molecule has 6 nitrogen and oxygen atoms in total. The number of nitrogens with two attached hydrogens (primary N) is 1. The van der Waals surface area contributed by atoms with Gasteiger partial charge < -0.3 is 15.4 Å². The van der Waals surface area contributed by atoms with Gasteiger partial charge in [0.2, 0.25) is 5.91 Å². The van der Waals surface area contributed by atoms with Gasteiger partial charge in [0.25, 0.3) is 0 Å². The maximum atomic E-state index is 12.0. The number of ether oxygens (including phenoxy) is 1. The first-order valence-corrected chi connectivity index (χ1v) is 9.85. The molecule has 2 saturated heterocycles. The average Bonchev–Trinajstić information content (AvgIpc) is 2.73. The van der Waals surface area contributed by atoms with Gasteiger partial charge in [0.15, 0.2) is 0 Å². The number of carbonyl (C=O) groups excluding carboxylic acids is 1. The molecule has 1 aromatic carbocycles. The third-order valence-corrected chi connectivity index (χ3v) is 5.57. The van der Waals surface area contributed by atoms with Crippen LogP contribution in [0.15, 0.2) is 47.2 Å². The van der Waals surface area contributed by atoms with E-state index in [9.17, 15) is 4.79 Å². The van der Waals surface area contributed by atoms with Crippen LogP contribution in [0.4, 0.5) is 0 Å². The third-order valence-electron chi connectivity index (χ3n) is 5.57. The standard InChI is InChI=1S/C22H26N4O2/c1-15(27)26-9-6-21(25-17-7-10-28-11-8-17)20(14-26)22(23)19-13-24-12-16-4-2-3-5-18(16)19/h2-5,12-13,17H,6-11,14,23H2,1H3. The van der Waals surface area contributed by atoms with E-state index in [4.69, 9.17) is 15.5 Å². The van der Waals surface area contributed by atoms with E-state index in [2.05, 4.69) is 11.1 Å². The molecule has 0 bridgehead atoms. The number of pyridine rings is 1. The maximum Gasteiger partial charge on any atom is 0.219 e. The van der Waals surface area contributed by atoms with Crippen molar-refractivity contribution in [3.05, 3.63) is 47.8 Å². The van der Waals surface area contributed by atoms with Crippen LogP contribution in [0.3, 0.4) is 0 Å². The summed E-state index contributed by atoms with van der Waals surface area (Å²) in [6.45, 7) is 4.29. The van der Waals surface area contributed by atoms with Gasteiger partial charge in [-0.05, 0) is 18.2 Å². The molecule has 0 radical (unpaired) electrons. The highest BCUT2D eigenvalue weighted by atomic mass is 16.5. The first-order valence-electron chi connectivity index (χ1n) is 9.85. The van der Waals surface area contributed by atoms with Crippen molar-refractivity contribution >= 4 is 28.1 Å². The number of nitrogens with zero attached hydrogens (tertiary/aromatic N) is 3. The molecule has 4 rings (SSSR count). The Kier molecular flexibility index (Phi) is 5.39. The number of carbonyl (C=O) groups is 1. The van der Waals surface area contributed by atoms with Crippen molar-refractivity contribution in [2.24, 2.45) is 10.7 Å². The van der Waals surface area contributed by atoms with E-state index in [0.29, 0.717) is 18.8 Å². The molecule has 2 aliphatic rings. The van der Waals surface area contributed by atoms with Crippen LogP contribution in [0.25, 0.3) is 16.5 Å². The van der Waals surface area contributed by atoms with Gasteiger partial charge in [0.1, 0.15) is 0 Å². The molecule has 0 atom stereocenters. The predicted octanol–water partition coefficient (Wildman–Crippen LogP) is 2.78. The molecule has 146 valence electrons. The fourth-order valence-electron chi connectivity index (χ4n) is 3.93. The highest BCUT2D eigenvalue weighted by Gasteiger charge is 2.26. The molecule has 2 aromatic rings. The van der Waals surface area contributed by atoms with Crippen LogP contribution in [0.1, 0.15) is 31.7 Å². The van der Waals surface area contributed by atoms with Crippen LogP contribution in [-0.2, 0) is 9.53 Å². The lowest BCUT2D eigenvalue weighted by Crippen LogP contribution is -2.40. The van der Waals surface area contributed by atoms with Crippen molar-refractivity contribution in [1.29, 1.82) is 0 Å². The van der Waals surface area contributed by atoms with Crippen LogP contribution in [0, 0.1) is 0 Å². The van der Waals surface area contributed by atoms with Gasteiger partial charge in [0.05, 0.1) is 6.04 Å². The third kappa shape index (κ3) is 3.78. The summed E-state index contributed by atoms with van der Waals surface area (Å²) < 4.78 is 5.46. The number of hydrogen-bond acceptors (Lipinski definition) is 5. The zero-order chi connectivity index (χ0) is 19.5. The fraction of sp³-hybridized carbons (Fsp3) is 0.409. The van der Waals surface area contributed by atoms with Crippen molar-refractivity contribution in [2.75, 3.05) is 26.3 Å². The average molecular weight is 378 g/mol. The topological polar surface area (TPSA) is 80.8 Å². The normalized spacial score (nSPS) is 21.9. The van der Waals surface area contributed by atoms with Crippen molar-refractivity contribution in [3.63, 3.8) is 0 Å². The molecule has 2 aliphatic heterocycles. The van der Waals surface area contributed by atoms with Crippen molar-refractivity contribution in [3.8, 4) is 0 Å². The van der Waals surface area contributed by atoms with E-state index < -0.39 is 0 Å². The molecule has 2 N–H and O–H groups in total. The molecule has 2 fully saturated rings. The molecule has 1 amide bonds. The lowest BCUT2D eigenvalue weighted by atomic mass is 9.94. The lowest BCUT2D eigenvalue weighted by Gasteiger charge is -2.31. The number of hydrogen-bond donors (Lipinski definition) is 1. The summed E-state index contributed by atoms with van der Waals surface area (Å²) in [4.78, 5) is 23.3. The summed E-state index contributed by atoms with van der Waals surface area (Å²) in [5, 5.41) is 2.11. The zero-order valence-electron chi connectivity index (χ0n) is 16.2. The van der Waals surface area contributed by atoms with Crippen molar-refractivity contribution in [2.45, 2.75) is 32.2 Å². The molecule has 0 aliphatic carbocycles. The first-order chi connectivity index (χ1) is 13.6. The Hall–Kier alpha value is -2.73. The fourth-order valence-corrected chi connectivity index (χ4v) is 3.93. The largest absolute Gasteiger partial charge is 0.398 e. The Morgan fingerprint density at radius 2 is 2.04 bits per heavy atom. The summed E-state index contributed by atoms with van der Waals surface area (Å²) >= 11 is 0. The number of rotatable bonds is 2. The number of fused-ring (bicyclic) bond motifs is 1. The molecule has 0 saturated carbocycles. The molecule has 6 heteroatoms. The van der Waals surface area contributed by atoms with Gasteiger partial charge in [-0.25, -0.2) is 0 Å². The Balaban J connectivity index is 1.79. The van der Waals surface area contributed by atoms with Crippen LogP contribution < -0.4 is 5.73 Å². The second-order valence-electron chi connectivity index (χ2n) is 7.41. The van der Waals surface area contributed by atoms with Crippen molar-refractivity contribution in [1.82, 2.24) is 9.88 Å². The van der Waals surface area contributed by atoms with E-state index in [1.807, 2.05) is 35.5 Å². The molecule has 0 unspecified atom stereocenters. The van der Waals surface area contributed by atoms with E-state index in [-0.39, 0.29) is 11.9 Å². The van der Waals surface area contributed by atoms with Crippen LogP contribution in [0.5, 0.6) is 0 Å². The van der Waals surface area contributed by atoms with E-state index >= 15 is 0 Å². The maximum absolute atomic E-state index is 12.0. The van der Waals surface area contributed by atoms with Gasteiger partial charge >= 0.3 is 0 Å². The highest BCUT2D eigenvalue weighted by molar-refractivity contribution is 6.09. The smallest absolute Gasteiger partial charge is 0.219 e. The van der Waals surface area contributed by atoms with Gasteiger partial charge in [-0.3, -0.25) is 14.8 Å². The van der Waals surface area contributed by atoms with E-state index in [1.54, 1.807) is 6.92 Å². The van der Waals surface area contributed by atoms with Gasteiger partial charge in [-0.1, -0.05) is 24.3 Å². The number of piperidine rings is 1. The summed E-state index contributed by atoms with van der Waals surface area (Å²) in [5.74, 6) is 0.0615. The lowest BCUT2D eigenvalue weighted by molar-refractivity contribution is -0.128. The van der Waals surface area contributed by atoms with Crippen molar-refractivity contribution < 1.29 is 9.53 Å². The van der Waals surface area contributed by atoms with E-state index in [1.165, 1.54) is 0 Å². The van der Waals surface area contributed by atoms with Gasteiger partial charge in [0, 0.05) is 80.0 Å². The summed E-state index contributed by atoms with van der Waals surface area (Å²) in [6, 6.07) is 8.35. The number of amides is 1. The van der Waals surface area contributed by atoms with E-state index in [0.717, 1.165) is 60.1 Å². The Bertz CT molecular complexity index is 939. The summed E-state index contributed by atoms with van der Waals surface area (Å²) in [6.07, 6.45) is 6.25. The molecule has 28 heavy (non-hydrogen) atoms. The minimum atomic E-state index is 0.0615. The first kappa shape index (κ1) is 18.6. The monoisotopic (exact) mass is 378 g/mol. The number of benzene rings is 1. The number of likely N-dealkylation sites (tertiary alicyclic amines) is 1. The summed E-state index contributed by atoms with van der Waals surface area (Å²) in [7, 11) is 0. The molecular formula is C22H26N4O2. The second-order valence-corrected chi connectivity index (χ2v) is 7.41. The number of aromatic nitrogens is 1. The molecular weight excluding hydrogens is 352 g/mol. The minimum absolute atomic E-state index is 0.0615. The van der Waals surface area contributed by atoms with Gasteiger partial charge in [-0.15, -0.1) is 0 Å². The van der Waals surface area contributed by atoms with Crippen LogP contribution >= 0.6 is 0 Å². The molecule has 0 spiro atoms. The Labute approximate surface area is 165 Å². The minimum Gasteiger partial charge on any atom is -0.398 e. The van der Waals surface area contributed by atoms with Gasteiger partial charge in [-0.2, -0.15) is 0 Å². The Morgan fingerprint density at radius 1 is 1.25 bits per heavy atom. The van der Waals surface area contributed by atoms with Crippen LogP contribution in [-0.4, -0.2) is 53.8 Å². The number of aliphatic imine (C=N–C) groups is 1. The SMILES string of the molecule is CC(=O)N1CCC(=NC2CCOCC2)C(=C(N)c2cncc3ccccc23)C1. The predicted molar refractivity (Wildman–Crippen MR) is 111 cm³/mol. The van der Waals surface area contributed by atoms with Crippen LogP contribution in [0.2, 0.25) is 0 Å². The summed E-state index contributed by atoms with van der Waals surface area (Å²) in [5.41, 5.74) is 10.2. The highest BCUT2D eigenvalue weighted by Crippen LogP contribution is 2.27. The quantitative estimate of drug-likeness (QED) is 0.871. The second kappa shape index (κ2) is 8.10. The molecule has 1 aromatic heterocycles. The zero-order valence-corrected chi connectivity index (χ0v) is 16.2. The molecule has 3 heterocycles. The Morgan fingerprint density at radius 3 is 2.82 bits per heavy atom.